The number of thiazole rings is 1. The Bertz CT molecular complexity index is 1200. The highest BCUT2D eigenvalue weighted by Crippen LogP contribution is 2.27. The van der Waals surface area contributed by atoms with Gasteiger partial charge in [-0.3, -0.25) is 10.1 Å². The van der Waals surface area contributed by atoms with Crippen LogP contribution in [0.4, 0.5) is 5.13 Å². The van der Waals surface area contributed by atoms with Gasteiger partial charge in [-0.1, -0.05) is 6.42 Å². The van der Waals surface area contributed by atoms with Gasteiger partial charge < -0.3 is 14.1 Å². The normalized spacial score (nSPS) is 15.0. The summed E-state index contributed by atoms with van der Waals surface area (Å²) in [6.45, 7) is 0.895. The molecule has 3 aromatic rings. The molecule has 0 saturated carbocycles. The van der Waals surface area contributed by atoms with E-state index < -0.39 is 21.9 Å². The molecule has 12 heteroatoms. The number of anilines is 1. The van der Waals surface area contributed by atoms with Crippen molar-refractivity contribution in [3.63, 3.8) is 0 Å². The molecular formula is C19H20N4O6S2. The number of H-pyrrole nitrogens is 1. The van der Waals surface area contributed by atoms with Crippen LogP contribution in [0.2, 0.25) is 0 Å². The lowest BCUT2D eigenvalue weighted by Gasteiger charge is -2.24. The number of hydrogen-bond acceptors (Lipinski definition) is 8. The second-order valence-corrected chi connectivity index (χ2v) is 9.60. The summed E-state index contributed by atoms with van der Waals surface area (Å²) in [5, 5.41) is 4.37. The molecule has 1 fully saturated rings. The third kappa shape index (κ3) is 4.40. The van der Waals surface area contributed by atoms with Crippen LogP contribution in [0, 0.1) is 0 Å². The molecule has 0 bridgehead atoms. The van der Waals surface area contributed by atoms with E-state index in [9.17, 15) is 18.0 Å². The molecule has 164 valence electrons. The van der Waals surface area contributed by atoms with Gasteiger partial charge in [-0.15, -0.1) is 11.3 Å². The summed E-state index contributed by atoms with van der Waals surface area (Å²) in [6.07, 6.45) is 4.22. The molecule has 0 spiro atoms. The van der Waals surface area contributed by atoms with Crippen LogP contribution in [0.15, 0.2) is 39.3 Å². The summed E-state index contributed by atoms with van der Waals surface area (Å²) >= 11 is 1.18. The van der Waals surface area contributed by atoms with Crippen molar-refractivity contribution < 1.29 is 27.2 Å². The summed E-state index contributed by atoms with van der Waals surface area (Å²) in [6, 6.07) is 4.21. The minimum atomic E-state index is -3.75. The third-order valence-corrected chi connectivity index (χ3v) is 7.35. The number of methoxy groups -OCH3 is 1. The first kappa shape index (κ1) is 21.3. The topological polar surface area (TPSA) is 135 Å². The van der Waals surface area contributed by atoms with Gasteiger partial charge in [0, 0.05) is 30.2 Å². The van der Waals surface area contributed by atoms with Crippen LogP contribution in [0.1, 0.15) is 40.3 Å². The Labute approximate surface area is 182 Å². The zero-order valence-corrected chi connectivity index (χ0v) is 18.2. The van der Waals surface area contributed by atoms with Crippen molar-refractivity contribution in [3.8, 4) is 11.3 Å². The number of sulfonamides is 1. The van der Waals surface area contributed by atoms with Crippen molar-refractivity contribution in [1.82, 2.24) is 14.3 Å². The minimum absolute atomic E-state index is 0.123. The minimum Gasteiger partial charge on any atom is -0.464 e. The number of hydrogen-bond donors (Lipinski definition) is 2. The summed E-state index contributed by atoms with van der Waals surface area (Å²) in [5.41, 5.74) is 1.50. The van der Waals surface area contributed by atoms with Crippen LogP contribution in [0.25, 0.3) is 11.3 Å². The van der Waals surface area contributed by atoms with Gasteiger partial charge in [0.1, 0.15) is 5.69 Å². The number of esters is 1. The number of rotatable bonds is 6. The third-order valence-electron chi connectivity index (χ3n) is 4.82. The second kappa shape index (κ2) is 8.65. The van der Waals surface area contributed by atoms with Crippen LogP contribution >= 0.6 is 11.3 Å². The number of piperidine rings is 1. The number of aromatic amines is 1. The molecule has 0 aliphatic carbocycles. The zero-order chi connectivity index (χ0) is 22.0. The Hall–Kier alpha value is -2.96. The van der Waals surface area contributed by atoms with E-state index in [2.05, 4.69) is 20.0 Å². The van der Waals surface area contributed by atoms with E-state index in [4.69, 9.17) is 4.42 Å². The van der Waals surface area contributed by atoms with Crippen molar-refractivity contribution in [3.05, 3.63) is 41.2 Å². The molecule has 1 amide bonds. The lowest BCUT2D eigenvalue weighted by atomic mass is 10.2. The van der Waals surface area contributed by atoms with Crippen LogP contribution in [0.3, 0.4) is 0 Å². The van der Waals surface area contributed by atoms with Crippen molar-refractivity contribution >= 4 is 38.4 Å². The van der Waals surface area contributed by atoms with Gasteiger partial charge in [-0.25, -0.2) is 18.2 Å². The highest BCUT2D eigenvalue weighted by atomic mass is 32.2. The fourth-order valence-corrected chi connectivity index (χ4v) is 5.35. The second-order valence-electron chi connectivity index (χ2n) is 6.87. The standard InChI is InChI=1S/C19H20N4O6S2/c1-28-18(25)13-9-12(10-20-13)14-11-30-19(21-14)22-17(24)15-5-6-16(29-15)31(26,27)23-7-3-2-4-8-23/h5-6,9-11,20H,2-4,7-8H2,1H3,(H,21,22,24). The first-order valence-electron chi connectivity index (χ1n) is 9.52. The van der Waals surface area contributed by atoms with Gasteiger partial charge in [-0.2, -0.15) is 4.31 Å². The number of ether oxygens (including phenoxy) is 1. The number of furan rings is 1. The highest BCUT2D eigenvalue weighted by molar-refractivity contribution is 7.89. The molecule has 10 nitrogen and oxygen atoms in total. The van der Waals surface area contributed by atoms with Gasteiger partial charge in [0.25, 0.3) is 15.9 Å². The Morgan fingerprint density at radius 3 is 2.77 bits per heavy atom. The number of nitrogens with one attached hydrogen (secondary N) is 2. The quantitative estimate of drug-likeness (QED) is 0.536. The molecule has 0 unspecified atom stereocenters. The van der Waals surface area contributed by atoms with Crippen LogP contribution in [-0.4, -0.2) is 54.8 Å². The molecule has 2 N–H and O–H groups in total. The molecule has 1 aliphatic rings. The van der Waals surface area contributed by atoms with E-state index in [1.54, 1.807) is 17.6 Å². The Morgan fingerprint density at radius 1 is 1.26 bits per heavy atom. The van der Waals surface area contributed by atoms with Crippen molar-refractivity contribution in [2.75, 3.05) is 25.5 Å². The lowest BCUT2D eigenvalue weighted by Crippen LogP contribution is -2.35. The van der Waals surface area contributed by atoms with Gasteiger partial charge in [0.05, 0.1) is 12.8 Å². The van der Waals surface area contributed by atoms with Gasteiger partial charge in [-0.05, 0) is 31.0 Å². The fourth-order valence-electron chi connectivity index (χ4n) is 3.21. The van der Waals surface area contributed by atoms with Crippen LogP contribution in [-0.2, 0) is 14.8 Å². The van der Waals surface area contributed by atoms with E-state index in [-0.39, 0.29) is 16.5 Å². The van der Waals surface area contributed by atoms with E-state index in [0.29, 0.717) is 29.5 Å². The Morgan fingerprint density at radius 2 is 2.03 bits per heavy atom. The average Bonchev–Trinajstić information content (AvgIpc) is 3.54. The molecule has 0 atom stereocenters. The maximum atomic E-state index is 12.7. The first-order valence-corrected chi connectivity index (χ1v) is 11.8. The SMILES string of the molecule is COC(=O)c1cc(-c2csc(NC(=O)c3ccc(S(=O)(=O)N4CCCCC4)o3)n2)c[nH]1. The monoisotopic (exact) mass is 464 g/mol. The predicted molar refractivity (Wildman–Crippen MR) is 113 cm³/mol. The summed E-state index contributed by atoms with van der Waals surface area (Å²) in [5.74, 6) is -1.23. The molecular weight excluding hydrogens is 444 g/mol. The highest BCUT2D eigenvalue weighted by Gasteiger charge is 2.29. The summed E-state index contributed by atoms with van der Waals surface area (Å²) < 4.78 is 36.7. The van der Waals surface area contributed by atoms with Crippen molar-refractivity contribution in [1.29, 1.82) is 0 Å². The number of carbonyl (C=O) groups is 2. The Balaban J connectivity index is 1.45. The maximum Gasteiger partial charge on any atom is 0.354 e. The molecule has 0 radical (unpaired) electrons. The molecule has 4 heterocycles. The lowest BCUT2D eigenvalue weighted by molar-refractivity contribution is 0.0594. The van der Waals surface area contributed by atoms with Crippen molar-refractivity contribution in [2.45, 2.75) is 24.4 Å². The number of nitrogens with zero attached hydrogens (tertiary/aromatic N) is 2. The molecule has 1 aliphatic heterocycles. The van der Waals surface area contributed by atoms with Crippen LogP contribution in [0.5, 0.6) is 0 Å². The van der Waals surface area contributed by atoms with E-state index in [1.165, 1.54) is 34.9 Å². The van der Waals surface area contributed by atoms with Crippen LogP contribution < -0.4 is 5.32 Å². The van der Waals surface area contributed by atoms with E-state index in [0.717, 1.165) is 19.3 Å². The van der Waals surface area contributed by atoms with Gasteiger partial charge in [0.2, 0.25) is 5.09 Å². The fraction of sp³-hybridized carbons (Fsp3) is 0.316. The number of carbonyl (C=O) groups excluding carboxylic acids is 2. The summed E-state index contributed by atoms with van der Waals surface area (Å²) in [4.78, 5) is 31.2. The molecule has 3 aromatic heterocycles. The molecule has 31 heavy (non-hydrogen) atoms. The van der Waals surface area contributed by atoms with E-state index >= 15 is 0 Å². The number of amides is 1. The maximum absolute atomic E-state index is 12.7. The summed E-state index contributed by atoms with van der Waals surface area (Å²) in [7, 11) is -2.47. The largest absolute Gasteiger partial charge is 0.464 e. The average molecular weight is 465 g/mol. The Kier molecular flexibility index (Phi) is 5.94. The van der Waals surface area contributed by atoms with E-state index in [1.807, 2.05) is 0 Å². The molecule has 0 aromatic carbocycles. The molecule has 4 rings (SSSR count). The molecule has 1 saturated heterocycles. The van der Waals surface area contributed by atoms with Gasteiger partial charge in [0.15, 0.2) is 10.9 Å². The smallest absolute Gasteiger partial charge is 0.354 e. The predicted octanol–water partition coefficient (Wildman–Crippen LogP) is 2.94. The number of aromatic nitrogens is 2. The van der Waals surface area contributed by atoms with Gasteiger partial charge >= 0.3 is 5.97 Å². The zero-order valence-electron chi connectivity index (χ0n) is 16.6. The first-order chi connectivity index (χ1) is 14.9. The van der Waals surface area contributed by atoms with Crippen molar-refractivity contribution in [2.24, 2.45) is 0 Å².